The number of piperidine rings is 1. The van der Waals surface area contributed by atoms with E-state index in [-0.39, 0.29) is 17.4 Å². The molecule has 0 radical (unpaired) electrons. The Hall–Kier alpha value is -2.44. The third-order valence-electron chi connectivity index (χ3n) is 6.10. The van der Waals surface area contributed by atoms with Gasteiger partial charge in [0.15, 0.2) is 11.5 Å². The van der Waals surface area contributed by atoms with E-state index in [1.54, 1.807) is 17.8 Å². The van der Waals surface area contributed by atoms with Gasteiger partial charge in [-0.05, 0) is 37.8 Å². The summed E-state index contributed by atoms with van der Waals surface area (Å²) in [6.07, 6.45) is 10.5. The highest BCUT2D eigenvalue weighted by Crippen LogP contribution is 2.23. The third kappa shape index (κ3) is 3.88. The van der Waals surface area contributed by atoms with Crippen LogP contribution in [0.1, 0.15) is 51.4 Å². The topological polar surface area (TPSA) is 80.1 Å². The van der Waals surface area contributed by atoms with Crippen LogP contribution in [0.4, 0.5) is 5.82 Å². The van der Waals surface area contributed by atoms with E-state index >= 15 is 0 Å². The average molecular weight is 383 g/mol. The summed E-state index contributed by atoms with van der Waals surface area (Å²) in [5.41, 5.74) is 1.12. The molecule has 7 nitrogen and oxygen atoms in total. The Kier molecular flexibility index (Phi) is 5.59. The van der Waals surface area contributed by atoms with Gasteiger partial charge in [0.05, 0.1) is 5.92 Å². The van der Waals surface area contributed by atoms with Crippen molar-refractivity contribution in [3.8, 4) is 0 Å². The number of rotatable bonds is 3. The number of carbonyl (C=O) groups excluding carboxylic acids is 1. The van der Waals surface area contributed by atoms with E-state index in [1.807, 2.05) is 17.0 Å². The van der Waals surface area contributed by atoms with Gasteiger partial charge < -0.3 is 10.2 Å². The number of aryl methyl sites for hydroxylation is 1. The molecule has 2 fully saturated rings. The molecule has 3 heterocycles. The highest BCUT2D eigenvalue weighted by atomic mass is 16.2. The number of amides is 1. The lowest BCUT2D eigenvalue weighted by Gasteiger charge is -2.33. The zero-order valence-electron chi connectivity index (χ0n) is 16.6. The molecule has 28 heavy (non-hydrogen) atoms. The quantitative estimate of drug-likeness (QED) is 0.823. The summed E-state index contributed by atoms with van der Waals surface area (Å²) in [5.74, 6) is 0.471. The van der Waals surface area contributed by atoms with Crippen LogP contribution in [0.5, 0.6) is 0 Å². The van der Waals surface area contributed by atoms with Gasteiger partial charge in [0.25, 0.3) is 5.56 Å². The van der Waals surface area contributed by atoms with Gasteiger partial charge in [-0.3, -0.25) is 14.2 Å². The van der Waals surface area contributed by atoms with E-state index in [0.29, 0.717) is 29.6 Å². The second-order valence-corrected chi connectivity index (χ2v) is 8.13. The number of hydrogen-bond acceptors (Lipinski definition) is 5. The molecule has 1 saturated carbocycles. The minimum absolute atomic E-state index is 0.0897. The maximum atomic E-state index is 12.9. The summed E-state index contributed by atoms with van der Waals surface area (Å²) in [6, 6.07) is 4.00. The van der Waals surface area contributed by atoms with Gasteiger partial charge in [-0.1, -0.05) is 25.7 Å². The fourth-order valence-electron chi connectivity index (χ4n) is 4.47. The van der Waals surface area contributed by atoms with Crippen LogP contribution in [0, 0.1) is 5.92 Å². The summed E-state index contributed by atoms with van der Waals surface area (Å²) in [7, 11) is 1.73. The molecule has 0 aromatic carbocycles. The number of hydrogen-bond donors (Lipinski definition) is 1. The number of nitrogens with one attached hydrogen (secondary N) is 1. The van der Waals surface area contributed by atoms with Crippen LogP contribution in [0.15, 0.2) is 23.1 Å². The van der Waals surface area contributed by atoms with Gasteiger partial charge in [0.2, 0.25) is 5.91 Å². The molecule has 2 aromatic heterocycles. The SMILES string of the molecule is Cn1c(=O)c(N2CCCC(C(=O)NC3CCCCCC3)C2)nc2cccnc21. The molecule has 1 aliphatic heterocycles. The monoisotopic (exact) mass is 383 g/mol. The van der Waals surface area contributed by atoms with Gasteiger partial charge in [0.1, 0.15) is 5.52 Å². The molecule has 1 aliphatic carbocycles. The molecule has 1 atom stereocenters. The normalized spacial score (nSPS) is 21.5. The molecule has 2 aliphatic rings. The first-order valence-electron chi connectivity index (χ1n) is 10.5. The van der Waals surface area contributed by atoms with Crippen molar-refractivity contribution in [1.29, 1.82) is 0 Å². The van der Waals surface area contributed by atoms with Crippen LogP contribution in [0.2, 0.25) is 0 Å². The van der Waals surface area contributed by atoms with Crippen molar-refractivity contribution < 1.29 is 4.79 Å². The van der Waals surface area contributed by atoms with Crippen molar-refractivity contribution in [2.24, 2.45) is 13.0 Å². The van der Waals surface area contributed by atoms with Gasteiger partial charge in [-0.15, -0.1) is 0 Å². The Morgan fingerprint density at radius 2 is 1.93 bits per heavy atom. The van der Waals surface area contributed by atoms with E-state index in [0.717, 1.165) is 32.2 Å². The van der Waals surface area contributed by atoms with Crippen LogP contribution < -0.4 is 15.8 Å². The molecule has 7 heteroatoms. The summed E-state index contributed by atoms with van der Waals surface area (Å²) in [5, 5.41) is 3.28. The molecule has 0 bridgehead atoms. The molecular formula is C21H29N5O2. The Labute approximate surface area is 165 Å². The average Bonchev–Trinajstić information content (AvgIpc) is 2.99. The number of pyridine rings is 1. The number of carbonyl (C=O) groups is 1. The fraction of sp³-hybridized carbons (Fsp3) is 0.619. The first-order chi connectivity index (χ1) is 13.6. The fourth-order valence-corrected chi connectivity index (χ4v) is 4.47. The molecule has 4 rings (SSSR count). The summed E-state index contributed by atoms with van der Waals surface area (Å²) < 4.78 is 1.55. The molecular weight excluding hydrogens is 354 g/mol. The van der Waals surface area contributed by atoms with E-state index < -0.39 is 0 Å². The van der Waals surface area contributed by atoms with E-state index in [4.69, 9.17) is 0 Å². The maximum Gasteiger partial charge on any atom is 0.294 e. The molecule has 0 spiro atoms. The minimum Gasteiger partial charge on any atom is -0.353 e. The standard InChI is InChI=1S/C21H29N5O2/c1-25-18-17(11-6-12-22-18)24-19(21(25)28)26-13-7-8-15(14-26)20(27)23-16-9-4-2-3-5-10-16/h6,11-12,15-16H,2-5,7-10,13-14H2,1H3,(H,23,27). The van der Waals surface area contributed by atoms with Gasteiger partial charge in [-0.25, -0.2) is 9.97 Å². The Morgan fingerprint density at radius 1 is 1.14 bits per heavy atom. The second kappa shape index (κ2) is 8.29. The van der Waals surface area contributed by atoms with Crippen molar-refractivity contribution in [2.75, 3.05) is 18.0 Å². The predicted octanol–water partition coefficient (Wildman–Crippen LogP) is 2.38. The predicted molar refractivity (Wildman–Crippen MR) is 109 cm³/mol. The number of aromatic nitrogens is 3. The largest absolute Gasteiger partial charge is 0.353 e. The maximum absolute atomic E-state index is 12.9. The highest BCUT2D eigenvalue weighted by molar-refractivity contribution is 5.80. The van der Waals surface area contributed by atoms with Crippen LogP contribution in [-0.2, 0) is 11.8 Å². The zero-order valence-corrected chi connectivity index (χ0v) is 16.6. The number of fused-ring (bicyclic) bond motifs is 1. The van der Waals surface area contributed by atoms with Crippen molar-refractivity contribution in [3.63, 3.8) is 0 Å². The van der Waals surface area contributed by atoms with Gasteiger partial charge in [0, 0.05) is 32.4 Å². The second-order valence-electron chi connectivity index (χ2n) is 8.13. The highest BCUT2D eigenvalue weighted by Gasteiger charge is 2.29. The van der Waals surface area contributed by atoms with Crippen LogP contribution in [-0.4, -0.2) is 39.6 Å². The lowest BCUT2D eigenvalue weighted by Crippen LogP contribution is -2.47. The van der Waals surface area contributed by atoms with E-state index in [2.05, 4.69) is 15.3 Å². The van der Waals surface area contributed by atoms with Crippen molar-refractivity contribution in [2.45, 2.75) is 57.4 Å². The Bertz CT molecular complexity index is 901. The molecule has 1 amide bonds. The van der Waals surface area contributed by atoms with E-state index in [9.17, 15) is 9.59 Å². The van der Waals surface area contributed by atoms with Crippen molar-refractivity contribution in [1.82, 2.24) is 19.9 Å². The van der Waals surface area contributed by atoms with Gasteiger partial charge in [-0.2, -0.15) is 0 Å². The molecule has 1 unspecified atom stereocenters. The van der Waals surface area contributed by atoms with Crippen LogP contribution >= 0.6 is 0 Å². The van der Waals surface area contributed by atoms with Crippen molar-refractivity contribution >= 4 is 22.9 Å². The van der Waals surface area contributed by atoms with Crippen molar-refractivity contribution in [3.05, 3.63) is 28.7 Å². The lowest BCUT2D eigenvalue weighted by molar-refractivity contribution is -0.126. The first kappa shape index (κ1) is 18.9. The minimum atomic E-state index is -0.156. The summed E-state index contributed by atoms with van der Waals surface area (Å²) in [6.45, 7) is 1.30. The Morgan fingerprint density at radius 3 is 2.71 bits per heavy atom. The number of nitrogens with zero attached hydrogens (tertiary/aromatic N) is 4. The van der Waals surface area contributed by atoms with Gasteiger partial charge >= 0.3 is 0 Å². The third-order valence-corrected chi connectivity index (χ3v) is 6.10. The first-order valence-corrected chi connectivity index (χ1v) is 10.5. The summed E-state index contributed by atoms with van der Waals surface area (Å²) >= 11 is 0. The smallest absolute Gasteiger partial charge is 0.294 e. The lowest BCUT2D eigenvalue weighted by atomic mass is 9.96. The summed E-state index contributed by atoms with van der Waals surface area (Å²) in [4.78, 5) is 36.5. The molecule has 1 saturated heterocycles. The van der Waals surface area contributed by atoms with Crippen LogP contribution in [0.25, 0.3) is 11.2 Å². The Balaban J connectivity index is 1.51. The molecule has 150 valence electrons. The van der Waals surface area contributed by atoms with Crippen LogP contribution in [0.3, 0.4) is 0 Å². The number of anilines is 1. The molecule has 1 N–H and O–H groups in total. The zero-order chi connectivity index (χ0) is 19.5. The molecule has 2 aromatic rings. The van der Waals surface area contributed by atoms with E-state index in [1.165, 1.54) is 25.7 Å².